The number of phenolic OH excluding ortho intramolecular Hbond substituents is 1. The molecule has 40 heavy (non-hydrogen) atoms. The quantitative estimate of drug-likeness (QED) is 0.318. The molecule has 0 aliphatic carbocycles. The summed E-state index contributed by atoms with van der Waals surface area (Å²) < 4.78 is 30.5. The van der Waals surface area contributed by atoms with E-state index in [1.54, 1.807) is 24.3 Å². The van der Waals surface area contributed by atoms with E-state index < -0.39 is 6.17 Å². The largest absolute Gasteiger partial charge is 0.508 e. The van der Waals surface area contributed by atoms with Gasteiger partial charge in [0.25, 0.3) is 5.91 Å². The van der Waals surface area contributed by atoms with E-state index in [2.05, 4.69) is 20.3 Å². The summed E-state index contributed by atoms with van der Waals surface area (Å²) in [4.78, 5) is 22.5. The Balaban J connectivity index is 1.19. The molecule has 2 aromatic carbocycles. The van der Waals surface area contributed by atoms with Crippen molar-refractivity contribution < 1.29 is 18.7 Å². The number of imidazole rings is 1. The molecule has 2 aliphatic rings. The van der Waals surface area contributed by atoms with E-state index in [0.29, 0.717) is 35.8 Å². The van der Waals surface area contributed by atoms with E-state index >= 15 is 0 Å². The minimum absolute atomic E-state index is 0.0348. The highest BCUT2D eigenvalue weighted by molar-refractivity contribution is 7.98. The number of aromatic nitrogens is 3. The second-order valence-electron chi connectivity index (χ2n) is 10.4. The van der Waals surface area contributed by atoms with Gasteiger partial charge in [0.1, 0.15) is 23.6 Å². The number of thioether (sulfide) groups is 1. The number of fused-ring (bicyclic) bond motifs is 1. The third-order valence-corrected chi connectivity index (χ3v) is 8.27. The number of phenols is 1. The van der Waals surface area contributed by atoms with Crippen molar-refractivity contribution >= 4 is 29.1 Å². The van der Waals surface area contributed by atoms with E-state index in [1.165, 1.54) is 34.6 Å². The van der Waals surface area contributed by atoms with Crippen LogP contribution in [0.5, 0.6) is 5.75 Å². The van der Waals surface area contributed by atoms with Crippen LogP contribution in [0.25, 0.3) is 5.65 Å². The Bertz CT molecular complexity index is 1550. The zero-order valence-corrected chi connectivity index (χ0v) is 22.8. The Labute approximate surface area is 235 Å². The fourth-order valence-corrected chi connectivity index (χ4v) is 6.17. The van der Waals surface area contributed by atoms with E-state index in [1.807, 2.05) is 29.4 Å². The second-order valence-corrected chi connectivity index (χ2v) is 11.3. The molecule has 0 saturated carbocycles. The molecular weight excluding hydrogens is 534 g/mol. The first-order valence-electron chi connectivity index (χ1n) is 13.3. The number of alkyl halides is 1. The Morgan fingerprint density at radius 3 is 2.88 bits per heavy atom. The number of halogens is 2. The topological polar surface area (TPSA) is 86.0 Å². The normalized spacial score (nSPS) is 21.4. The van der Waals surface area contributed by atoms with Crippen molar-refractivity contribution in [2.24, 2.45) is 0 Å². The third kappa shape index (κ3) is 5.48. The maximum atomic E-state index is 14.7. The molecule has 2 N–H and O–H groups in total. The maximum absolute atomic E-state index is 14.7. The number of carbonyl (C=O) groups excluding carboxylic acids is 1. The molecule has 2 aromatic heterocycles. The summed E-state index contributed by atoms with van der Waals surface area (Å²) in [6, 6.07) is 15.1. The summed E-state index contributed by atoms with van der Waals surface area (Å²) in [5.41, 5.74) is 2.52. The number of hydrogen-bond donors (Lipinski definition) is 2. The molecule has 3 atom stereocenters. The van der Waals surface area contributed by atoms with Gasteiger partial charge in [-0.1, -0.05) is 12.1 Å². The Morgan fingerprint density at radius 1 is 1.18 bits per heavy atom. The van der Waals surface area contributed by atoms with Crippen LogP contribution in [0.2, 0.25) is 0 Å². The predicted molar refractivity (Wildman–Crippen MR) is 150 cm³/mol. The number of anilines is 1. The van der Waals surface area contributed by atoms with Crippen molar-refractivity contribution in [3.63, 3.8) is 0 Å². The van der Waals surface area contributed by atoms with Gasteiger partial charge in [-0.2, -0.15) is 0 Å². The first-order valence-corrected chi connectivity index (χ1v) is 14.5. The van der Waals surface area contributed by atoms with Crippen LogP contribution >= 0.6 is 11.8 Å². The van der Waals surface area contributed by atoms with Gasteiger partial charge in [-0.3, -0.25) is 9.69 Å². The molecule has 8 nitrogen and oxygen atoms in total. The number of rotatable bonds is 7. The van der Waals surface area contributed by atoms with Crippen LogP contribution in [0, 0.1) is 5.82 Å². The van der Waals surface area contributed by atoms with Gasteiger partial charge in [0, 0.05) is 37.0 Å². The monoisotopic (exact) mass is 564 g/mol. The lowest BCUT2D eigenvalue weighted by Crippen LogP contribution is -2.37. The average Bonchev–Trinajstić information content (AvgIpc) is 3.66. The molecular formula is C29H30F2N6O2S. The molecule has 2 saturated heterocycles. The molecule has 11 heteroatoms. The van der Waals surface area contributed by atoms with E-state index in [0.717, 1.165) is 23.4 Å². The first kappa shape index (κ1) is 26.5. The highest BCUT2D eigenvalue weighted by atomic mass is 32.2. The number of benzene rings is 2. The van der Waals surface area contributed by atoms with Gasteiger partial charge in [-0.15, -0.1) is 16.9 Å². The van der Waals surface area contributed by atoms with E-state index in [9.17, 15) is 18.7 Å². The van der Waals surface area contributed by atoms with Gasteiger partial charge < -0.3 is 15.3 Å². The smallest absolute Gasteiger partial charge is 0.271 e. The average molecular weight is 565 g/mol. The fourth-order valence-electron chi connectivity index (χ4n) is 5.69. The molecule has 208 valence electrons. The molecule has 0 spiro atoms. The van der Waals surface area contributed by atoms with Gasteiger partial charge in [0.15, 0.2) is 11.3 Å². The molecule has 2 aliphatic heterocycles. The van der Waals surface area contributed by atoms with E-state index in [-0.39, 0.29) is 42.5 Å². The van der Waals surface area contributed by atoms with Crippen LogP contribution in [-0.4, -0.2) is 68.6 Å². The number of likely N-dealkylation sites (tertiary alicyclic amines) is 1. The number of nitrogens with zero attached hydrogens (tertiary/aromatic N) is 5. The lowest BCUT2D eigenvalue weighted by atomic mass is 10.0. The van der Waals surface area contributed by atoms with Crippen molar-refractivity contribution in [2.45, 2.75) is 42.5 Å². The highest BCUT2D eigenvalue weighted by Gasteiger charge is 2.35. The van der Waals surface area contributed by atoms with Crippen molar-refractivity contribution in [1.29, 1.82) is 0 Å². The third-order valence-electron chi connectivity index (χ3n) is 7.56. The molecule has 3 unspecified atom stereocenters. The van der Waals surface area contributed by atoms with Crippen LogP contribution < -0.4 is 10.2 Å². The summed E-state index contributed by atoms with van der Waals surface area (Å²) >= 11 is 1.44. The molecule has 0 radical (unpaired) electrons. The minimum atomic E-state index is -1.08. The van der Waals surface area contributed by atoms with Gasteiger partial charge in [-0.05, 0) is 66.3 Å². The van der Waals surface area contributed by atoms with Gasteiger partial charge in [-0.25, -0.2) is 18.3 Å². The Kier molecular flexibility index (Phi) is 7.33. The Hall–Kier alpha value is -3.70. The van der Waals surface area contributed by atoms with Crippen LogP contribution in [0.1, 0.15) is 40.5 Å². The van der Waals surface area contributed by atoms with Gasteiger partial charge >= 0.3 is 0 Å². The number of hydrogen-bond acceptors (Lipinski definition) is 7. The van der Waals surface area contributed by atoms with Gasteiger partial charge in [0.05, 0.1) is 18.8 Å². The van der Waals surface area contributed by atoms with Crippen molar-refractivity contribution in [1.82, 2.24) is 24.8 Å². The zero-order valence-electron chi connectivity index (χ0n) is 22.0. The summed E-state index contributed by atoms with van der Waals surface area (Å²) in [7, 11) is 0. The van der Waals surface area contributed by atoms with Crippen molar-refractivity contribution in [3.05, 3.63) is 83.4 Å². The molecule has 4 heterocycles. The number of amides is 1. The molecule has 6 rings (SSSR count). The standard InChI is InChI=1S/C29H30F2N6O2S/c1-40-24-11-19(10-20(30)12-24)25-13-21(31)16-36(25)28-6-5-27-32-14-26(37(27)34-28)29(39)33-22-7-8-35(17-22)15-18-3-2-4-23(38)9-18/h2-6,9-12,14,21-22,25,38H,7-8,13,15-17H2,1H3,(H,33,39). The van der Waals surface area contributed by atoms with Crippen molar-refractivity contribution in [2.75, 3.05) is 30.8 Å². The summed E-state index contributed by atoms with van der Waals surface area (Å²) in [6.45, 7) is 2.34. The second kappa shape index (κ2) is 11.1. The summed E-state index contributed by atoms with van der Waals surface area (Å²) in [5.74, 6) is 0.104. The highest BCUT2D eigenvalue weighted by Crippen LogP contribution is 2.38. The van der Waals surface area contributed by atoms with Crippen molar-refractivity contribution in [3.8, 4) is 5.75 Å². The molecule has 0 bridgehead atoms. The predicted octanol–water partition coefficient (Wildman–Crippen LogP) is 4.59. The zero-order chi connectivity index (χ0) is 27.8. The number of nitrogens with one attached hydrogen (secondary N) is 1. The maximum Gasteiger partial charge on any atom is 0.271 e. The molecule has 2 fully saturated rings. The first-order chi connectivity index (χ1) is 19.4. The summed E-state index contributed by atoms with van der Waals surface area (Å²) in [6.07, 6.45) is 3.33. The van der Waals surface area contributed by atoms with E-state index in [4.69, 9.17) is 0 Å². The van der Waals surface area contributed by atoms with Crippen LogP contribution in [0.3, 0.4) is 0 Å². The lowest BCUT2D eigenvalue weighted by molar-refractivity contribution is 0.0930. The minimum Gasteiger partial charge on any atom is -0.508 e. The fraction of sp³-hybridized carbons (Fsp3) is 0.345. The van der Waals surface area contributed by atoms with Crippen LogP contribution in [0.15, 0.2) is 65.7 Å². The summed E-state index contributed by atoms with van der Waals surface area (Å²) in [5, 5.41) is 17.5. The number of carbonyl (C=O) groups is 1. The van der Waals surface area contributed by atoms with Crippen LogP contribution in [-0.2, 0) is 6.54 Å². The SMILES string of the molecule is CSc1cc(F)cc(C2CC(F)CN2c2ccc3ncc(C(=O)NC4CCN(Cc5cccc(O)c5)C4)n3n2)c1. The lowest BCUT2D eigenvalue weighted by Gasteiger charge is -2.26. The Morgan fingerprint density at radius 2 is 2.05 bits per heavy atom. The van der Waals surface area contributed by atoms with Crippen LogP contribution in [0.4, 0.5) is 14.6 Å². The molecule has 4 aromatic rings. The molecule has 1 amide bonds. The number of aromatic hydroxyl groups is 1. The van der Waals surface area contributed by atoms with Gasteiger partial charge in [0.2, 0.25) is 0 Å².